The molecule has 2 saturated heterocycles. The first kappa shape index (κ1) is 28.0. The molecule has 1 amide bonds. The zero-order chi connectivity index (χ0) is 27.7. The van der Waals surface area contributed by atoms with Crippen molar-refractivity contribution in [3.63, 3.8) is 0 Å². The lowest BCUT2D eigenvalue weighted by Gasteiger charge is -2.39. The molecule has 0 unspecified atom stereocenters. The Balaban J connectivity index is 1.43. The first-order chi connectivity index (χ1) is 19.7. The largest absolute Gasteiger partial charge is 0.462 e. The summed E-state index contributed by atoms with van der Waals surface area (Å²) in [7, 11) is 1.57. The zero-order valence-corrected chi connectivity index (χ0v) is 23.1. The normalized spacial score (nSPS) is 21.4. The third kappa shape index (κ3) is 6.61. The highest BCUT2D eigenvalue weighted by Gasteiger charge is 2.46. The van der Waals surface area contributed by atoms with E-state index in [1.54, 1.807) is 12.0 Å². The second-order valence-corrected chi connectivity index (χ2v) is 10.5. The van der Waals surface area contributed by atoms with Crippen molar-refractivity contribution >= 4 is 11.9 Å². The number of likely N-dealkylation sites (tertiary alicyclic amines) is 1. The van der Waals surface area contributed by atoms with Gasteiger partial charge < -0.3 is 19.1 Å². The van der Waals surface area contributed by atoms with E-state index in [1.807, 2.05) is 66.7 Å². The van der Waals surface area contributed by atoms with Crippen LogP contribution in [0, 0.1) is 0 Å². The summed E-state index contributed by atoms with van der Waals surface area (Å²) in [5.74, 6) is -0.970. The number of benzene rings is 3. The Kier molecular flexibility index (Phi) is 9.60. The second-order valence-electron chi connectivity index (χ2n) is 10.5. The lowest BCUT2D eigenvalue weighted by atomic mass is 9.90. The number of amides is 1. The van der Waals surface area contributed by atoms with Gasteiger partial charge in [-0.25, -0.2) is 4.79 Å². The molecule has 2 aliphatic heterocycles. The topological polar surface area (TPSA) is 68.3 Å². The van der Waals surface area contributed by atoms with Gasteiger partial charge in [0.25, 0.3) is 0 Å². The van der Waals surface area contributed by atoms with Crippen LogP contribution < -0.4 is 0 Å². The van der Waals surface area contributed by atoms with Crippen molar-refractivity contribution in [3.05, 3.63) is 108 Å². The lowest BCUT2D eigenvalue weighted by molar-refractivity contribution is -0.154. The molecule has 40 heavy (non-hydrogen) atoms. The van der Waals surface area contributed by atoms with Gasteiger partial charge in [0.2, 0.25) is 5.91 Å². The number of carbonyl (C=O) groups excluding carboxylic acids is 2. The van der Waals surface area contributed by atoms with E-state index in [0.717, 1.165) is 24.1 Å². The second kappa shape index (κ2) is 13.7. The van der Waals surface area contributed by atoms with E-state index in [1.165, 1.54) is 5.56 Å². The summed E-state index contributed by atoms with van der Waals surface area (Å²) in [4.78, 5) is 32.1. The van der Waals surface area contributed by atoms with Gasteiger partial charge in [0.05, 0.1) is 25.7 Å². The van der Waals surface area contributed by atoms with E-state index in [2.05, 4.69) is 29.2 Å². The van der Waals surface area contributed by atoms with Crippen LogP contribution in [-0.2, 0) is 30.2 Å². The number of nitrogens with zero attached hydrogens (tertiary/aromatic N) is 2. The number of rotatable bonds is 10. The molecule has 2 heterocycles. The fourth-order valence-electron chi connectivity index (χ4n) is 5.99. The van der Waals surface area contributed by atoms with E-state index in [-0.39, 0.29) is 30.6 Å². The van der Waals surface area contributed by atoms with Crippen molar-refractivity contribution in [3.8, 4) is 0 Å². The third-order valence-corrected chi connectivity index (χ3v) is 7.93. The molecule has 0 N–H and O–H groups in total. The first-order valence-corrected chi connectivity index (χ1v) is 14.1. The summed E-state index contributed by atoms with van der Waals surface area (Å²) in [6.07, 6.45) is 1.38. The smallest absolute Gasteiger partial charge is 0.328 e. The molecule has 0 bridgehead atoms. The fourth-order valence-corrected chi connectivity index (χ4v) is 5.99. The van der Waals surface area contributed by atoms with Crippen molar-refractivity contribution in [1.29, 1.82) is 0 Å². The molecule has 0 aromatic heterocycles. The molecule has 7 nitrogen and oxygen atoms in total. The highest BCUT2D eigenvalue weighted by atomic mass is 16.6. The Morgan fingerprint density at radius 1 is 0.900 bits per heavy atom. The standard InChI is InChI=1S/C33H38N2O5/c1-38-19-20-40-33(37)30-22-28(34-17-18-39-24-29(34)21-25-11-5-2-6-12-25)23-35(30)32(36)31(26-13-7-3-8-14-26)27-15-9-4-10-16-27/h2-16,28-31H,17-24H2,1H3/t28-,29-,30-/m0/s1. The van der Waals surface area contributed by atoms with Crippen LogP contribution in [0.15, 0.2) is 91.0 Å². The minimum atomic E-state index is -0.662. The summed E-state index contributed by atoms with van der Waals surface area (Å²) in [6, 6.07) is 29.5. The Labute approximate surface area is 236 Å². The van der Waals surface area contributed by atoms with Crippen LogP contribution >= 0.6 is 0 Å². The molecule has 0 radical (unpaired) electrons. The van der Waals surface area contributed by atoms with Crippen molar-refractivity contribution in [1.82, 2.24) is 9.80 Å². The number of ether oxygens (including phenoxy) is 3. The molecule has 0 aliphatic carbocycles. The monoisotopic (exact) mass is 542 g/mol. The Bertz CT molecular complexity index is 1180. The maximum absolute atomic E-state index is 14.4. The van der Waals surface area contributed by atoms with Gasteiger partial charge in [0.15, 0.2) is 0 Å². The summed E-state index contributed by atoms with van der Waals surface area (Å²) in [5.41, 5.74) is 3.06. The van der Waals surface area contributed by atoms with E-state index < -0.39 is 12.0 Å². The number of methoxy groups -OCH3 is 1. The van der Waals surface area contributed by atoms with Crippen LogP contribution in [0.25, 0.3) is 0 Å². The molecule has 2 fully saturated rings. The molecule has 5 rings (SSSR count). The maximum Gasteiger partial charge on any atom is 0.328 e. The third-order valence-electron chi connectivity index (χ3n) is 7.93. The van der Waals surface area contributed by atoms with E-state index in [9.17, 15) is 9.59 Å². The number of esters is 1. The van der Waals surface area contributed by atoms with Gasteiger partial charge in [-0.1, -0.05) is 91.0 Å². The molecule has 210 valence electrons. The van der Waals surface area contributed by atoms with Crippen molar-refractivity contribution in [2.45, 2.75) is 36.9 Å². The minimum Gasteiger partial charge on any atom is -0.462 e. The van der Waals surface area contributed by atoms with E-state index in [0.29, 0.717) is 32.8 Å². The fraction of sp³-hybridized carbons (Fsp3) is 0.394. The Morgan fingerprint density at radius 2 is 1.52 bits per heavy atom. The highest BCUT2D eigenvalue weighted by molar-refractivity contribution is 5.91. The zero-order valence-electron chi connectivity index (χ0n) is 23.1. The lowest BCUT2D eigenvalue weighted by Crippen LogP contribution is -2.52. The van der Waals surface area contributed by atoms with Crippen LogP contribution in [0.3, 0.4) is 0 Å². The predicted molar refractivity (Wildman–Crippen MR) is 153 cm³/mol. The number of hydrogen-bond acceptors (Lipinski definition) is 6. The Morgan fingerprint density at radius 3 is 2.15 bits per heavy atom. The number of hydrogen-bond donors (Lipinski definition) is 0. The van der Waals surface area contributed by atoms with Crippen molar-refractivity contribution in [2.75, 3.05) is 46.6 Å². The molecule has 0 saturated carbocycles. The summed E-state index contributed by atoms with van der Waals surface area (Å²) in [6.45, 7) is 2.96. The predicted octanol–water partition coefficient (Wildman–Crippen LogP) is 3.92. The molecule has 7 heteroatoms. The van der Waals surface area contributed by atoms with Crippen LogP contribution in [0.2, 0.25) is 0 Å². The van der Waals surface area contributed by atoms with Gasteiger partial charge in [0.1, 0.15) is 12.6 Å². The van der Waals surface area contributed by atoms with Crippen LogP contribution in [0.1, 0.15) is 29.0 Å². The maximum atomic E-state index is 14.4. The quantitative estimate of drug-likeness (QED) is 0.286. The van der Waals surface area contributed by atoms with Gasteiger partial charge in [-0.15, -0.1) is 0 Å². The van der Waals surface area contributed by atoms with Crippen molar-refractivity contribution < 1.29 is 23.8 Å². The molecular formula is C33H38N2O5. The molecule has 3 aromatic carbocycles. The first-order valence-electron chi connectivity index (χ1n) is 14.1. The average Bonchev–Trinajstić information content (AvgIpc) is 3.45. The van der Waals surface area contributed by atoms with Crippen LogP contribution in [0.5, 0.6) is 0 Å². The van der Waals surface area contributed by atoms with Gasteiger partial charge in [-0.2, -0.15) is 0 Å². The summed E-state index contributed by atoms with van der Waals surface area (Å²) in [5, 5.41) is 0. The van der Waals surface area contributed by atoms with Crippen molar-refractivity contribution in [2.24, 2.45) is 0 Å². The van der Waals surface area contributed by atoms with E-state index in [4.69, 9.17) is 14.2 Å². The SMILES string of the molecule is COCCOC(=O)[C@@H]1C[C@H](N2CCOC[C@@H]2Cc2ccccc2)CN1C(=O)C(c1ccccc1)c1ccccc1. The average molecular weight is 543 g/mol. The van der Waals surface area contributed by atoms with E-state index >= 15 is 0 Å². The molecular weight excluding hydrogens is 504 g/mol. The molecule has 3 atom stereocenters. The summed E-state index contributed by atoms with van der Waals surface area (Å²) < 4.78 is 16.6. The van der Waals surface area contributed by atoms with Crippen LogP contribution in [0.4, 0.5) is 0 Å². The van der Waals surface area contributed by atoms with Gasteiger partial charge in [0, 0.05) is 32.3 Å². The van der Waals surface area contributed by atoms with Gasteiger partial charge >= 0.3 is 5.97 Å². The highest BCUT2D eigenvalue weighted by Crippen LogP contribution is 2.33. The number of morpholine rings is 1. The van der Waals surface area contributed by atoms with Gasteiger partial charge in [-0.3, -0.25) is 9.69 Å². The molecule has 3 aromatic rings. The molecule has 0 spiro atoms. The summed E-state index contributed by atoms with van der Waals surface area (Å²) >= 11 is 0. The number of carbonyl (C=O) groups is 2. The van der Waals surface area contributed by atoms with Gasteiger partial charge in [-0.05, 0) is 29.5 Å². The Hall–Kier alpha value is -3.52. The van der Waals surface area contributed by atoms with Crippen LogP contribution in [-0.4, -0.2) is 86.4 Å². The molecule has 2 aliphatic rings. The minimum absolute atomic E-state index is 0.0220.